The molecule has 0 saturated heterocycles. The van der Waals surface area contributed by atoms with Crippen molar-refractivity contribution in [2.24, 2.45) is 4.99 Å². The molecule has 1 aromatic heterocycles. The maximum absolute atomic E-state index is 5.67. The van der Waals surface area contributed by atoms with E-state index in [2.05, 4.69) is 64.1 Å². The van der Waals surface area contributed by atoms with E-state index >= 15 is 0 Å². The van der Waals surface area contributed by atoms with Gasteiger partial charge in [-0.25, -0.2) is 4.98 Å². The normalized spacial score (nSPS) is 11.6. The molecule has 7 heteroatoms. The van der Waals surface area contributed by atoms with Crippen LogP contribution in [0.3, 0.4) is 0 Å². The van der Waals surface area contributed by atoms with Crippen LogP contribution in [-0.4, -0.2) is 24.1 Å². The summed E-state index contributed by atoms with van der Waals surface area (Å²) < 4.78 is 5.67. The van der Waals surface area contributed by atoms with Crippen molar-refractivity contribution in [1.82, 2.24) is 15.6 Å². The molecule has 27 heavy (non-hydrogen) atoms. The molecule has 0 bridgehead atoms. The third kappa shape index (κ3) is 8.57. The summed E-state index contributed by atoms with van der Waals surface area (Å²) in [4.78, 5) is 8.93. The van der Waals surface area contributed by atoms with Gasteiger partial charge in [0, 0.05) is 19.0 Å². The largest absolute Gasteiger partial charge is 0.374 e. The molecular formula is C20H31IN4OS. The van der Waals surface area contributed by atoms with Gasteiger partial charge >= 0.3 is 0 Å². The van der Waals surface area contributed by atoms with Gasteiger partial charge in [0.15, 0.2) is 5.96 Å². The fourth-order valence-corrected chi connectivity index (χ4v) is 3.22. The lowest BCUT2D eigenvalue weighted by Crippen LogP contribution is -2.36. The lowest BCUT2D eigenvalue weighted by Gasteiger charge is -2.12. The number of halogens is 1. The SMILES string of the molecule is CN=C(NCc1cccc(COC(C)C)c1)NCc1nc(C(C)C)cs1.I. The van der Waals surface area contributed by atoms with E-state index in [1.165, 1.54) is 11.1 Å². The van der Waals surface area contributed by atoms with E-state index in [0.717, 1.165) is 16.7 Å². The summed E-state index contributed by atoms with van der Waals surface area (Å²) in [5, 5.41) is 9.88. The zero-order valence-corrected chi connectivity index (χ0v) is 19.9. The third-order valence-corrected chi connectivity index (χ3v) is 4.69. The van der Waals surface area contributed by atoms with Crippen molar-refractivity contribution in [1.29, 1.82) is 0 Å². The number of aromatic nitrogens is 1. The second kappa shape index (κ2) is 12.3. The van der Waals surface area contributed by atoms with E-state index in [4.69, 9.17) is 4.74 Å². The Morgan fingerprint density at radius 2 is 1.85 bits per heavy atom. The summed E-state index contributed by atoms with van der Waals surface area (Å²) in [6, 6.07) is 8.43. The average Bonchev–Trinajstić information content (AvgIpc) is 3.10. The molecule has 0 fully saturated rings. The molecule has 2 N–H and O–H groups in total. The van der Waals surface area contributed by atoms with Gasteiger partial charge in [-0.15, -0.1) is 35.3 Å². The van der Waals surface area contributed by atoms with Crippen molar-refractivity contribution < 1.29 is 4.74 Å². The highest BCUT2D eigenvalue weighted by Crippen LogP contribution is 2.17. The molecule has 0 aliphatic rings. The summed E-state index contributed by atoms with van der Waals surface area (Å²) in [5.41, 5.74) is 3.54. The second-order valence-corrected chi connectivity index (χ2v) is 7.72. The van der Waals surface area contributed by atoms with E-state index in [1.807, 2.05) is 13.8 Å². The first-order valence-corrected chi connectivity index (χ1v) is 9.94. The summed E-state index contributed by atoms with van der Waals surface area (Å²) in [6.07, 6.45) is 0.238. The fourth-order valence-electron chi connectivity index (χ4n) is 2.33. The van der Waals surface area contributed by atoms with Crippen molar-refractivity contribution in [3.05, 3.63) is 51.5 Å². The molecule has 5 nitrogen and oxygen atoms in total. The molecule has 0 aliphatic carbocycles. The molecule has 1 heterocycles. The van der Waals surface area contributed by atoms with E-state index in [9.17, 15) is 0 Å². The molecule has 0 spiro atoms. The van der Waals surface area contributed by atoms with Gasteiger partial charge in [0.1, 0.15) is 5.01 Å². The van der Waals surface area contributed by atoms with E-state index in [0.29, 0.717) is 25.6 Å². The minimum atomic E-state index is 0. The van der Waals surface area contributed by atoms with Crippen LogP contribution in [0.5, 0.6) is 0 Å². The number of benzene rings is 1. The zero-order chi connectivity index (χ0) is 18.9. The van der Waals surface area contributed by atoms with Gasteiger partial charge in [0.05, 0.1) is 24.9 Å². The minimum Gasteiger partial charge on any atom is -0.374 e. The summed E-state index contributed by atoms with van der Waals surface area (Å²) >= 11 is 1.68. The maximum atomic E-state index is 5.67. The molecule has 0 amide bonds. The van der Waals surface area contributed by atoms with Crippen LogP contribution in [0, 0.1) is 0 Å². The summed E-state index contributed by atoms with van der Waals surface area (Å²) in [6.45, 7) is 10.5. The Balaban J connectivity index is 0.00000364. The van der Waals surface area contributed by atoms with E-state index in [1.54, 1.807) is 18.4 Å². The first-order chi connectivity index (χ1) is 12.5. The Morgan fingerprint density at radius 1 is 1.15 bits per heavy atom. The topological polar surface area (TPSA) is 58.5 Å². The lowest BCUT2D eigenvalue weighted by molar-refractivity contribution is 0.0657. The second-order valence-electron chi connectivity index (χ2n) is 6.78. The van der Waals surface area contributed by atoms with Crippen LogP contribution >= 0.6 is 35.3 Å². The van der Waals surface area contributed by atoms with Crippen LogP contribution < -0.4 is 10.6 Å². The molecule has 2 aromatic rings. The Kier molecular flexibility index (Phi) is 10.9. The number of thiazole rings is 1. The highest BCUT2D eigenvalue weighted by atomic mass is 127. The molecule has 0 saturated carbocycles. The van der Waals surface area contributed by atoms with Gasteiger partial charge in [-0.2, -0.15) is 0 Å². The van der Waals surface area contributed by atoms with Crippen molar-refractivity contribution in [2.45, 2.75) is 59.4 Å². The van der Waals surface area contributed by atoms with Crippen LogP contribution in [0.4, 0.5) is 0 Å². The number of aliphatic imine (C=N–C) groups is 1. The molecule has 1 aromatic carbocycles. The molecule has 0 atom stereocenters. The lowest BCUT2D eigenvalue weighted by atomic mass is 10.1. The molecule has 0 radical (unpaired) electrons. The monoisotopic (exact) mass is 502 g/mol. The van der Waals surface area contributed by atoms with Crippen LogP contribution in [0.25, 0.3) is 0 Å². The number of ether oxygens (including phenoxy) is 1. The Bertz CT molecular complexity index is 716. The Labute approximate surface area is 184 Å². The van der Waals surface area contributed by atoms with Gasteiger partial charge in [-0.05, 0) is 30.9 Å². The van der Waals surface area contributed by atoms with Gasteiger partial charge in [-0.3, -0.25) is 4.99 Å². The van der Waals surface area contributed by atoms with E-state index in [-0.39, 0.29) is 30.1 Å². The molecular weight excluding hydrogens is 471 g/mol. The standard InChI is InChI=1S/C20H30N4OS.HI/c1-14(2)18-13-26-19(24-18)11-23-20(21-5)22-10-16-7-6-8-17(9-16)12-25-15(3)4;/h6-9,13-15H,10-12H2,1-5H3,(H2,21,22,23);1H. The highest BCUT2D eigenvalue weighted by Gasteiger charge is 2.06. The van der Waals surface area contributed by atoms with Gasteiger partial charge in [0.2, 0.25) is 0 Å². The van der Waals surface area contributed by atoms with Crippen LogP contribution in [0.1, 0.15) is 55.4 Å². The van der Waals surface area contributed by atoms with Crippen LogP contribution in [0.15, 0.2) is 34.6 Å². The van der Waals surface area contributed by atoms with Crippen LogP contribution in [0.2, 0.25) is 0 Å². The van der Waals surface area contributed by atoms with Crippen molar-refractivity contribution in [3.63, 3.8) is 0 Å². The predicted octanol–water partition coefficient (Wildman–Crippen LogP) is 4.67. The number of rotatable bonds is 8. The maximum Gasteiger partial charge on any atom is 0.191 e. The minimum absolute atomic E-state index is 0. The first-order valence-electron chi connectivity index (χ1n) is 9.06. The van der Waals surface area contributed by atoms with Gasteiger partial charge in [0.25, 0.3) is 0 Å². The number of hydrogen-bond donors (Lipinski definition) is 2. The Hall–Kier alpha value is -1.19. The van der Waals surface area contributed by atoms with Crippen molar-refractivity contribution >= 4 is 41.3 Å². The number of nitrogens with zero attached hydrogens (tertiary/aromatic N) is 2. The van der Waals surface area contributed by atoms with Crippen molar-refractivity contribution in [2.75, 3.05) is 7.05 Å². The van der Waals surface area contributed by atoms with Gasteiger partial charge < -0.3 is 15.4 Å². The molecule has 2 rings (SSSR count). The fraction of sp³-hybridized carbons (Fsp3) is 0.500. The van der Waals surface area contributed by atoms with Crippen LogP contribution in [-0.2, 0) is 24.4 Å². The zero-order valence-electron chi connectivity index (χ0n) is 16.8. The highest BCUT2D eigenvalue weighted by molar-refractivity contribution is 14.0. The number of nitrogens with one attached hydrogen (secondary N) is 2. The summed E-state index contributed by atoms with van der Waals surface area (Å²) in [5.74, 6) is 1.24. The average molecular weight is 502 g/mol. The number of hydrogen-bond acceptors (Lipinski definition) is 4. The number of guanidine groups is 1. The third-order valence-electron chi connectivity index (χ3n) is 3.83. The smallest absolute Gasteiger partial charge is 0.191 e. The molecule has 150 valence electrons. The predicted molar refractivity (Wildman–Crippen MR) is 125 cm³/mol. The van der Waals surface area contributed by atoms with Crippen molar-refractivity contribution in [3.8, 4) is 0 Å². The van der Waals surface area contributed by atoms with E-state index < -0.39 is 0 Å². The first kappa shape index (κ1) is 23.8. The molecule has 0 aliphatic heterocycles. The Morgan fingerprint density at radius 3 is 2.48 bits per heavy atom. The quantitative estimate of drug-likeness (QED) is 0.313. The van der Waals surface area contributed by atoms with Gasteiger partial charge in [-0.1, -0.05) is 38.1 Å². The molecule has 0 unspecified atom stereocenters. The summed E-state index contributed by atoms with van der Waals surface area (Å²) in [7, 11) is 1.78.